The van der Waals surface area contributed by atoms with Crippen LogP contribution in [0.2, 0.25) is 0 Å². The molecular formula is C17H23ClN4O. The highest BCUT2D eigenvalue weighted by Crippen LogP contribution is 2.17. The van der Waals surface area contributed by atoms with Gasteiger partial charge in [0.1, 0.15) is 5.82 Å². The van der Waals surface area contributed by atoms with E-state index in [0.29, 0.717) is 6.54 Å². The maximum Gasteiger partial charge on any atom is 0.228 e. The van der Waals surface area contributed by atoms with Crippen LogP contribution in [-0.4, -0.2) is 28.8 Å². The maximum absolute atomic E-state index is 12.4. The molecule has 23 heavy (non-hydrogen) atoms. The Bertz CT molecular complexity index is 635. The second kappa shape index (κ2) is 8.13. The largest absolute Gasteiger partial charge is 0.317 e. The fourth-order valence-corrected chi connectivity index (χ4v) is 2.84. The van der Waals surface area contributed by atoms with E-state index in [2.05, 4.69) is 27.9 Å². The molecule has 1 aliphatic heterocycles. The standard InChI is InChI=1S/C17H22N4O.ClH/c1-13-11-16(19-17(22)15-7-9-18-10-8-15)21(20-13)12-14-5-3-2-4-6-14;/h2-6,11,15,18H,7-10,12H2,1H3,(H,19,22);1H. The number of carbonyl (C=O) groups is 1. The monoisotopic (exact) mass is 334 g/mol. The third-order valence-corrected chi connectivity index (χ3v) is 4.04. The molecule has 1 saturated heterocycles. The number of aromatic nitrogens is 2. The van der Waals surface area contributed by atoms with Gasteiger partial charge in [-0.3, -0.25) is 4.79 Å². The van der Waals surface area contributed by atoms with E-state index in [-0.39, 0.29) is 24.2 Å². The molecule has 1 aliphatic rings. The van der Waals surface area contributed by atoms with Crippen molar-refractivity contribution in [2.24, 2.45) is 5.92 Å². The van der Waals surface area contributed by atoms with Crippen molar-refractivity contribution in [3.05, 3.63) is 47.7 Å². The fraction of sp³-hybridized carbons (Fsp3) is 0.412. The highest BCUT2D eigenvalue weighted by Gasteiger charge is 2.22. The van der Waals surface area contributed by atoms with Crippen LogP contribution in [0.3, 0.4) is 0 Å². The molecule has 1 amide bonds. The summed E-state index contributed by atoms with van der Waals surface area (Å²) in [7, 11) is 0. The van der Waals surface area contributed by atoms with Gasteiger partial charge in [-0.1, -0.05) is 30.3 Å². The topological polar surface area (TPSA) is 59.0 Å². The van der Waals surface area contributed by atoms with Crippen LogP contribution in [0.15, 0.2) is 36.4 Å². The predicted molar refractivity (Wildman–Crippen MR) is 94.0 cm³/mol. The van der Waals surface area contributed by atoms with Crippen LogP contribution in [0.1, 0.15) is 24.1 Å². The molecule has 124 valence electrons. The normalized spacial score (nSPS) is 15.0. The zero-order valence-corrected chi connectivity index (χ0v) is 14.1. The van der Waals surface area contributed by atoms with Gasteiger partial charge in [0.15, 0.2) is 0 Å². The summed E-state index contributed by atoms with van der Waals surface area (Å²) in [5.74, 6) is 0.988. The number of amides is 1. The average molecular weight is 335 g/mol. The van der Waals surface area contributed by atoms with Gasteiger partial charge in [0, 0.05) is 12.0 Å². The summed E-state index contributed by atoms with van der Waals surface area (Å²) in [5, 5.41) is 10.8. The molecule has 1 fully saturated rings. The quantitative estimate of drug-likeness (QED) is 0.903. The number of aryl methyl sites for hydroxylation is 1. The SMILES string of the molecule is Cc1cc(NC(=O)C2CCNCC2)n(Cc2ccccc2)n1.Cl. The summed E-state index contributed by atoms with van der Waals surface area (Å²) < 4.78 is 1.86. The van der Waals surface area contributed by atoms with Crippen molar-refractivity contribution in [2.45, 2.75) is 26.3 Å². The van der Waals surface area contributed by atoms with E-state index in [9.17, 15) is 4.79 Å². The molecule has 0 radical (unpaired) electrons. The van der Waals surface area contributed by atoms with Gasteiger partial charge in [-0.05, 0) is 38.4 Å². The molecular weight excluding hydrogens is 312 g/mol. The summed E-state index contributed by atoms with van der Waals surface area (Å²) in [6.45, 7) is 4.44. The molecule has 0 aliphatic carbocycles. The van der Waals surface area contributed by atoms with Crippen molar-refractivity contribution >= 4 is 24.1 Å². The smallest absolute Gasteiger partial charge is 0.228 e. The molecule has 5 nitrogen and oxygen atoms in total. The second-order valence-corrected chi connectivity index (χ2v) is 5.83. The zero-order valence-electron chi connectivity index (χ0n) is 13.3. The van der Waals surface area contributed by atoms with E-state index in [4.69, 9.17) is 0 Å². The van der Waals surface area contributed by atoms with Gasteiger partial charge in [0.05, 0.1) is 12.2 Å². The van der Waals surface area contributed by atoms with Crippen LogP contribution < -0.4 is 10.6 Å². The molecule has 0 unspecified atom stereocenters. The zero-order chi connectivity index (χ0) is 15.4. The van der Waals surface area contributed by atoms with Gasteiger partial charge in [-0.25, -0.2) is 4.68 Å². The molecule has 0 saturated carbocycles. The van der Waals surface area contributed by atoms with Crippen molar-refractivity contribution in [3.63, 3.8) is 0 Å². The van der Waals surface area contributed by atoms with E-state index in [1.54, 1.807) is 0 Å². The molecule has 0 atom stereocenters. The molecule has 2 heterocycles. The van der Waals surface area contributed by atoms with E-state index >= 15 is 0 Å². The summed E-state index contributed by atoms with van der Waals surface area (Å²) in [5.41, 5.74) is 2.08. The molecule has 1 aromatic carbocycles. The molecule has 1 aromatic heterocycles. The number of halogens is 1. The highest BCUT2D eigenvalue weighted by atomic mass is 35.5. The molecule has 6 heteroatoms. The third-order valence-electron chi connectivity index (χ3n) is 4.04. The van der Waals surface area contributed by atoms with E-state index in [0.717, 1.165) is 37.4 Å². The Hall–Kier alpha value is -1.85. The summed E-state index contributed by atoms with van der Waals surface area (Å²) in [4.78, 5) is 12.4. The third kappa shape index (κ3) is 4.56. The van der Waals surface area contributed by atoms with Crippen LogP contribution in [0, 0.1) is 12.8 Å². The first-order chi connectivity index (χ1) is 10.7. The summed E-state index contributed by atoms with van der Waals surface area (Å²) >= 11 is 0. The fourth-order valence-electron chi connectivity index (χ4n) is 2.84. The van der Waals surface area contributed by atoms with Gasteiger partial charge in [-0.15, -0.1) is 12.4 Å². The van der Waals surface area contributed by atoms with Crippen molar-refractivity contribution in [3.8, 4) is 0 Å². The Balaban J connectivity index is 0.00000192. The first kappa shape index (κ1) is 17.5. The lowest BCUT2D eigenvalue weighted by atomic mass is 9.97. The number of rotatable bonds is 4. The van der Waals surface area contributed by atoms with Crippen LogP contribution in [0.4, 0.5) is 5.82 Å². The molecule has 0 spiro atoms. The number of nitrogens with one attached hydrogen (secondary N) is 2. The van der Waals surface area contributed by atoms with Gasteiger partial charge in [0.2, 0.25) is 5.91 Å². The molecule has 0 bridgehead atoms. The molecule has 2 N–H and O–H groups in total. The lowest BCUT2D eigenvalue weighted by Gasteiger charge is -2.21. The first-order valence-corrected chi connectivity index (χ1v) is 7.82. The number of benzene rings is 1. The Kier molecular flexibility index (Phi) is 6.19. The number of hydrogen-bond acceptors (Lipinski definition) is 3. The molecule has 3 rings (SSSR count). The Labute approximate surface area is 142 Å². The van der Waals surface area contributed by atoms with Gasteiger partial charge in [-0.2, -0.15) is 5.10 Å². The minimum atomic E-state index is 0. The van der Waals surface area contributed by atoms with E-state index < -0.39 is 0 Å². The van der Waals surface area contributed by atoms with Crippen LogP contribution >= 0.6 is 12.4 Å². The van der Waals surface area contributed by atoms with Crippen LogP contribution in [0.25, 0.3) is 0 Å². The number of piperidine rings is 1. The second-order valence-electron chi connectivity index (χ2n) is 5.83. The summed E-state index contributed by atoms with van der Waals surface area (Å²) in [6, 6.07) is 12.1. The number of hydrogen-bond donors (Lipinski definition) is 2. The van der Waals surface area contributed by atoms with Crippen LogP contribution in [-0.2, 0) is 11.3 Å². The Morgan fingerprint density at radius 1 is 1.30 bits per heavy atom. The van der Waals surface area contributed by atoms with Crippen molar-refractivity contribution < 1.29 is 4.79 Å². The van der Waals surface area contributed by atoms with Crippen LogP contribution in [0.5, 0.6) is 0 Å². The summed E-state index contributed by atoms with van der Waals surface area (Å²) in [6.07, 6.45) is 1.80. The van der Waals surface area contributed by atoms with Crippen molar-refractivity contribution in [1.29, 1.82) is 0 Å². The van der Waals surface area contributed by atoms with Gasteiger partial charge >= 0.3 is 0 Å². The Morgan fingerprint density at radius 2 is 2.00 bits per heavy atom. The lowest BCUT2D eigenvalue weighted by molar-refractivity contribution is -0.120. The predicted octanol–water partition coefficient (Wildman–Crippen LogP) is 2.60. The first-order valence-electron chi connectivity index (χ1n) is 7.82. The maximum atomic E-state index is 12.4. The molecule has 2 aromatic rings. The lowest BCUT2D eigenvalue weighted by Crippen LogP contribution is -2.35. The number of anilines is 1. The van der Waals surface area contributed by atoms with Gasteiger partial charge < -0.3 is 10.6 Å². The van der Waals surface area contributed by atoms with Crippen molar-refractivity contribution in [1.82, 2.24) is 15.1 Å². The number of nitrogens with zero attached hydrogens (tertiary/aromatic N) is 2. The van der Waals surface area contributed by atoms with E-state index in [1.807, 2.05) is 35.9 Å². The highest BCUT2D eigenvalue weighted by molar-refractivity contribution is 5.91. The van der Waals surface area contributed by atoms with E-state index in [1.165, 1.54) is 5.56 Å². The number of carbonyl (C=O) groups excluding carboxylic acids is 1. The van der Waals surface area contributed by atoms with Crippen molar-refractivity contribution in [2.75, 3.05) is 18.4 Å². The Morgan fingerprint density at radius 3 is 2.70 bits per heavy atom. The average Bonchev–Trinajstić information content (AvgIpc) is 2.88. The minimum Gasteiger partial charge on any atom is -0.317 e. The van der Waals surface area contributed by atoms with Gasteiger partial charge in [0.25, 0.3) is 0 Å². The minimum absolute atomic E-state index is 0.